The molecule has 1 aromatic carbocycles. The number of nitrogens with one attached hydrogen (secondary N) is 3. The molecule has 2 saturated carbocycles. The molecule has 8 nitrogen and oxygen atoms in total. The second-order valence-corrected chi connectivity index (χ2v) is 11.6. The Morgan fingerprint density at radius 2 is 2.11 bits per heavy atom. The first-order chi connectivity index (χ1) is 18.3. The van der Waals surface area contributed by atoms with E-state index < -0.39 is 5.41 Å². The molecule has 196 valence electrons. The molecule has 2 amide bonds. The lowest BCUT2D eigenvalue weighted by atomic mass is 9.58. The second-order valence-electron chi connectivity index (χ2n) is 11.6. The van der Waals surface area contributed by atoms with Crippen LogP contribution in [0.2, 0.25) is 0 Å². The van der Waals surface area contributed by atoms with Crippen LogP contribution in [-0.2, 0) is 4.79 Å². The Morgan fingerprint density at radius 1 is 1.21 bits per heavy atom. The summed E-state index contributed by atoms with van der Waals surface area (Å²) in [7, 11) is 0. The van der Waals surface area contributed by atoms with Crippen LogP contribution in [0.25, 0.3) is 16.6 Å². The number of anilines is 1. The van der Waals surface area contributed by atoms with Gasteiger partial charge in [-0.15, -0.1) is 0 Å². The van der Waals surface area contributed by atoms with Crippen LogP contribution in [0.4, 0.5) is 5.69 Å². The first-order valence-corrected chi connectivity index (χ1v) is 13.5. The maximum Gasteiger partial charge on any atom is 0.257 e. The van der Waals surface area contributed by atoms with Gasteiger partial charge in [0.1, 0.15) is 5.82 Å². The number of H-pyrrole nitrogens is 1. The molecule has 4 atom stereocenters. The summed E-state index contributed by atoms with van der Waals surface area (Å²) < 4.78 is 0. The molecule has 38 heavy (non-hydrogen) atoms. The van der Waals surface area contributed by atoms with Crippen LogP contribution in [0, 0.1) is 11.3 Å². The van der Waals surface area contributed by atoms with Crippen molar-refractivity contribution in [3.05, 3.63) is 72.3 Å². The number of allylic oxidation sites excluding steroid dienone is 2. The maximum absolute atomic E-state index is 13.4. The quantitative estimate of drug-likeness (QED) is 0.395. The fourth-order valence-corrected chi connectivity index (χ4v) is 6.69. The summed E-state index contributed by atoms with van der Waals surface area (Å²) >= 11 is 0. The number of nitrogens with two attached hydrogens (primary N) is 1. The highest BCUT2D eigenvalue weighted by atomic mass is 16.2. The van der Waals surface area contributed by atoms with Crippen LogP contribution in [0.15, 0.2) is 61.0 Å². The number of benzene rings is 1. The van der Waals surface area contributed by atoms with Gasteiger partial charge in [0, 0.05) is 34.6 Å². The van der Waals surface area contributed by atoms with Gasteiger partial charge in [-0.05, 0) is 68.4 Å². The second kappa shape index (κ2) is 9.51. The number of pyridine rings is 1. The molecule has 4 unspecified atom stereocenters. The Balaban J connectivity index is 1.10. The third-order valence-corrected chi connectivity index (χ3v) is 8.37. The summed E-state index contributed by atoms with van der Waals surface area (Å²) in [5, 5.41) is 6.18. The van der Waals surface area contributed by atoms with Gasteiger partial charge in [0.25, 0.3) is 5.91 Å². The summed E-state index contributed by atoms with van der Waals surface area (Å²) in [4.78, 5) is 37.9. The van der Waals surface area contributed by atoms with Crippen molar-refractivity contribution in [2.24, 2.45) is 17.1 Å². The van der Waals surface area contributed by atoms with E-state index in [2.05, 4.69) is 33.6 Å². The molecule has 3 aromatic rings. The Labute approximate surface area is 222 Å². The Morgan fingerprint density at radius 3 is 2.87 bits per heavy atom. The van der Waals surface area contributed by atoms with Crippen molar-refractivity contribution in [1.29, 1.82) is 0 Å². The van der Waals surface area contributed by atoms with Gasteiger partial charge in [-0.1, -0.05) is 38.0 Å². The fourth-order valence-electron chi connectivity index (χ4n) is 6.69. The molecule has 6 rings (SSSR count). The standard InChI is InChI=1S/C30H34N6O2/c1-29(15-19-4-2-12-30(31,16-19)18-29)28(38)34-22-8-6-20(7-9-22)26-35-24-11-10-23(14-25(24)36-26)33-27(37)21-5-3-13-32-17-21/h3,5-8,10-11,13-14,17,19,22H,2,4,9,12,15-16,18,31H2,1H3,(H,33,37)(H,34,38)(H,35,36). The van der Waals surface area contributed by atoms with Crippen LogP contribution in [-0.4, -0.2) is 38.3 Å². The summed E-state index contributed by atoms with van der Waals surface area (Å²) in [6.07, 6.45) is 16.2. The maximum atomic E-state index is 13.4. The van der Waals surface area contributed by atoms with E-state index in [0.717, 1.165) is 48.1 Å². The number of aromatic amines is 1. The number of aromatic nitrogens is 3. The zero-order valence-electron chi connectivity index (χ0n) is 21.7. The predicted molar refractivity (Wildman–Crippen MR) is 148 cm³/mol. The highest BCUT2D eigenvalue weighted by Crippen LogP contribution is 2.50. The van der Waals surface area contributed by atoms with Crippen LogP contribution in [0.5, 0.6) is 0 Å². The highest BCUT2D eigenvalue weighted by molar-refractivity contribution is 6.04. The SMILES string of the molecule is CC1(C(=O)NC2C=CC(c3nc4ccc(NC(=O)c5cccnc5)cc4[nH]3)=CC2)CC2CCCC(N)(C2)C1. The zero-order chi connectivity index (χ0) is 26.3. The van der Waals surface area contributed by atoms with E-state index in [-0.39, 0.29) is 23.4 Å². The van der Waals surface area contributed by atoms with Crippen LogP contribution < -0.4 is 16.4 Å². The van der Waals surface area contributed by atoms with Gasteiger partial charge in [-0.2, -0.15) is 0 Å². The lowest BCUT2D eigenvalue weighted by molar-refractivity contribution is -0.136. The van der Waals surface area contributed by atoms with Crippen LogP contribution in [0.1, 0.15) is 68.1 Å². The van der Waals surface area contributed by atoms with Gasteiger partial charge < -0.3 is 21.4 Å². The smallest absolute Gasteiger partial charge is 0.257 e. The van der Waals surface area contributed by atoms with E-state index >= 15 is 0 Å². The van der Waals surface area contributed by atoms with Crippen LogP contribution >= 0.6 is 0 Å². The average molecular weight is 511 g/mol. The molecule has 3 aliphatic rings. The number of imidazole rings is 1. The van der Waals surface area contributed by atoms with Crippen molar-refractivity contribution >= 4 is 34.1 Å². The monoisotopic (exact) mass is 510 g/mol. The Hall–Kier alpha value is -3.78. The van der Waals surface area contributed by atoms with E-state index in [1.54, 1.807) is 18.3 Å². The summed E-state index contributed by atoms with van der Waals surface area (Å²) in [6.45, 7) is 2.09. The predicted octanol–water partition coefficient (Wildman–Crippen LogP) is 4.73. The van der Waals surface area contributed by atoms with Gasteiger partial charge in [0.15, 0.2) is 0 Å². The molecule has 0 radical (unpaired) electrons. The summed E-state index contributed by atoms with van der Waals surface area (Å²) in [5.74, 6) is 1.22. The minimum Gasteiger partial charge on any atom is -0.349 e. The van der Waals surface area contributed by atoms with Crippen molar-refractivity contribution in [2.75, 3.05) is 5.32 Å². The minimum absolute atomic E-state index is 0.0442. The number of rotatable bonds is 5. The number of carbonyl (C=O) groups excluding carboxylic acids is 2. The molecule has 0 spiro atoms. The number of nitrogens with zero attached hydrogens (tertiary/aromatic N) is 2. The summed E-state index contributed by atoms with van der Waals surface area (Å²) in [5.41, 5.74) is 9.90. The van der Waals surface area contributed by atoms with Gasteiger partial charge in [-0.25, -0.2) is 4.98 Å². The molecule has 0 aliphatic heterocycles. The number of fused-ring (bicyclic) bond motifs is 3. The van der Waals surface area contributed by atoms with E-state index in [0.29, 0.717) is 23.6 Å². The summed E-state index contributed by atoms with van der Waals surface area (Å²) in [6, 6.07) is 9.01. The molecule has 2 aromatic heterocycles. The lowest BCUT2D eigenvalue weighted by Crippen LogP contribution is -2.57. The molecule has 2 heterocycles. The van der Waals surface area contributed by atoms with Gasteiger partial charge in [0.05, 0.1) is 22.6 Å². The molecular formula is C30H34N6O2. The fraction of sp³-hybridized carbons (Fsp3) is 0.400. The largest absolute Gasteiger partial charge is 0.349 e. The van der Waals surface area contributed by atoms with Crippen molar-refractivity contribution in [3.8, 4) is 0 Å². The Kier molecular flexibility index (Phi) is 6.14. The average Bonchev–Trinajstić information content (AvgIpc) is 3.32. The lowest BCUT2D eigenvalue weighted by Gasteiger charge is -2.50. The molecule has 2 fully saturated rings. The zero-order valence-corrected chi connectivity index (χ0v) is 21.7. The van der Waals surface area contributed by atoms with Crippen molar-refractivity contribution < 1.29 is 9.59 Å². The van der Waals surface area contributed by atoms with Gasteiger partial charge >= 0.3 is 0 Å². The van der Waals surface area contributed by atoms with Gasteiger partial charge in [-0.3, -0.25) is 14.6 Å². The topological polar surface area (TPSA) is 126 Å². The third-order valence-electron chi connectivity index (χ3n) is 8.37. The minimum atomic E-state index is -0.404. The van der Waals surface area contributed by atoms with Gasteiger partial charge in [0.2, 0.25) is 5.91 Å². The van der Waals surface area contributed by atoms with Crippen molar-refractivity contribution in [1.82, 2.24) is 20.3 Å². The Bertz CT molecular complexity index is 1440. The third kappa shape index (κ3) is 4.88. The molecule has 3 aliphatic carbocycles. The number of hydrogen-bond acceptors (Lipinski definition) is 5. The van der Waals surface area contributed by atoms with E-state index in [1.807, 2.05) is 30.4 Å². The first-order valence-electron chi connectivity index (χ1n) is 13.5. The van der Waals surface area contributed by atoms with Crippen molar-refractivity contribution in [3.63, 3.8) is 0 Å². The van der Waals surface area contributed by atoms with E-state index in [1.165, 1.54) is 19.0 Å². The van der Waals surface area contributed by atoms with Crippen molar-refractivity contribution in [2.45, 2.75) is 63.5 Å². The number of carbonyl (C=O) groups is 2. The van der Waals surface area contributed by atoms with E-state index in [9.17, 15) is 9.59 Å². The first kappa shape index (κ1) is 24.6. The van der Waals surface area contributed by atoms with Crippen LogP contribution in [0.3, 0.4) is 0 Å². The van der Waals surface area contributed by atoms with E-state index in [4.69, 9.17) is 10.7 Å². The molecule has 2 bridgehead atoms. The normalized spacial score (nSPS) is 28.5. The number of amides is 2. The molecule has 0 saturated heterocycles. The molecule has 5 N–H and O–H groups in total. The highest BCUT2D eigenvalue weighted by Gasteiger charge is 2.49. The molecular weight excluding hydrogens is 476 g/mol. The number of hydrogen-bond donors (Lipinski definition) is 4. The molecule has 8 heteroatoms.